The topological polar surface area (TPSA) is 47.9 Å². The van der Waals surface area contributed by atoms with Crippen LogP contribution >= 0.6 is 0 Å². The van der Waals surface area contributed by atoms with Gasteiger partial charge >= 0.3 is 0 Å². The first-order valence-corrected chi connectivity index (χ1v) is 6.39. The molecule has 1 N–H and O–H groups in total. The highest BCUT2D eigenvalue weighted by molar-refractivity contribution is 4.81. The number of ether oxygens (including phenoxy) is 3. The van der Waals surface area contributed by atoms with Crippen molar-refractivity contribution in [1.29, 1.82) is 0 Å². The fraction of sp³-hybridized carbons (Fsp3) is 1.00. The van der Waals surface area contributed by atoms with E-state index >= 15 is 0 Å². The van der Waals surface area contributed by atoms with Crippen LogP contribution in [0.25, 0.3) is 0 Å². The van der Waals surface area contributed by atoms with Gasteiger partial charge in [-0.05, 0) is 25.7 Å². The van der Waals surface area contributed by atoms with Crippen molar-refractivity contribution in [3.05, 3.63) is 0 Å². The van der Waals surface area contributed by atoms with E-state index in [4.69, 9.17) is 19.3 Å². The van der Waals surface area contributed by atoms with Crippen molar-refractivity contribution >= 4 is 0 Å². The molecule has 0 aromatic carbocycles. The minimum atomic E-state index is -0.536. The zero-order valence-corrected chi connectivity index (χ0v) is 11.4. The number of hydrogen-bond donors (Lipinski definition) is 1. The van der Waals surface area contributed by atoms with Gasteiger partial charge in [0.25, 0.3) is 0 Å². The lowest BCUT2D eigenvalue weighted by atomic mass is 9.94. The summed E-state index contributed by atoms with van der Waals surface area (Å²) in [6, 6.07) is 0. The van der Waals surface area contributed by atoms with Gasteiger partial charge in [0, 0.05) is 33.7 Å². The first kappa shape index (κ1) is 14.9. The molecule has 0 aromatic rings. The third-order valence-corrected chi connectivity index (χ3v) is 3.60. The van der Waals surface area contributed by atoms with Crippen LogP contribution in [0.15, 0.2) is 0 Å². The van der Waals surface area contributed by atoms with Crippen LogP contribution in [0.4, 0.5) is 0 Å². The largest absolute Gasteiger partial charge is 0.396 e. The third kappa shape index (κ3) is 4.54. The summed E-state index contributed by atoms with van der Waals surface area (Å²) in [4.78, 5) is 0. The van der Waals surface area contributed by atoms with Crippen LogP contribution < -0.4 is 0 Å². The maximum atomic E-state index is 9.02. The van der Waals surface area contributed by atoms with E-state index in [1.165, 1.54) is 0 Å². The molecule has 0 bridgehead atoms. The quantitative estimate of drug-likeness (QED) is 0.778. The van der Waals surface area contributed by atoms with E-state index < -0.39 is 5.79 Å². The molecule has 17 heavy (non-hydrogen) atoms. The van der Waals surface area contributed by atoms with Crippen LogP contribution in [0, 0.1) is 5.92 Å². The normalized spacial score (nSPS) is 35.8. The van der Waals surface area contributed by atoms with E-state index in [9.17, 15) is 0 Å². The van der Waals surface area contributed by atoms with Crippen LogP contribution in [0.1, 0.15) is 39.5 Å². The minimum Gasteiger partial charge on any atom is -0.396 e. The van der Waals surface area contributed by atoms with E-state index in [1.807, 2.05) is 13.8 Å². The molecule has 1 aliphatic heterocycles. The summed E-state index contributed by atoms with van der Waals surface area (Å²) in [6.45, 7) is 4.24. The number of aliphatic hydroxyl groups excluding tert-OH is 1. The minimum absolute atomic E-state index is 0.160. The molecule has 4 heteroatoms. The Morgan fingerprint density at radius 2 is 2.18 bits per heavy atom. The monoisotopic (exact) mass is 246 g/mol. The molecule has 0 aromatic heterocycles. The predicted molar refractivity (Wildman–Crippen MR) is 65.8 cm³/mol. The maximum absolute atomic E-state index is 9.02. The number of rotatable bonds is 6. The van der Waals surface area contributed by atoms with Crippen molar-refractivity contribution in [3.63, 3.8) is 0 Å². The Morgan fingerprint density at radius 3 is 2.71 bits per heavy atom. The second kappa shape index (κ2) is 6.69. The Balaban J connectivity index is 2.48. The van der Waals surface area contributed by atoms with E-state index in [2.05, 4.69) is 0 Å². The van der Waals surface area contributed by atoms with Crippen molar-refractivity contribution < 1.29 is 19.3 Å². The van der Waals surface area contributed by atoms with Gasteiger partial charge in [0.05, 0.1) is 12.2 Å². The zero-order chi connectivity index (χ0) is 12.9. The highest BCUT2D eigenvalue weighted by Gasteiger charge is 2.38. The second-order valence-electron chi connectivity index (χ2n) is 5.24. The number of hydrogen-bond acceptors (Lipinski definition) is 4. The lowest BCUT2D eigenvalue weighted by Gasteiger charge is -2.41. The number of methoxy groups -OCH3 is 2. The van der Waals surface area contributed by atoms with Gasteiger partial charge in [0.2, 0.25) is 0 Å². The van der Waals surface area contributed by atoms with Crippen LogP contribution in [-0.4, -0.2) is 43.9 Å². The smallest absolute Gasteiger partial charge is 0.167 e. The van der Waals surface area contributed by atoms with Gasteiger partial charge in [0.15, 0.2) is 5.79 Å². The number of aliphatic hydroxyl groups is 1. The predicted octanol–water partition coefficient (Wildman–Crippen LogP) is 1.95. The summed E-state index contributed by atoms with van der Waals surface area (Å²) in [5.41, 5.74) is 0. The van der Waals surface area contributed by atoms with Gasteiger partial charge in [-0.15, -0.1) is 0 Å². The van der Waals surface area contributed by atoms with E-state index in [-0.39, 0.29) is 18.8 Å². The van der Waals surface area contributed by atoms with Crippen molar-refractivity contribution in [1.82, 2.24) is 0 Å². The Labute approximate surface area is 104 Å². The van der Waals surface area contributed by atoms with Gasteiger partial charge in [0.1, 0.15) is 0 Å². The van der Waals surface area contributed by atoms with E-state index in [0.29, 0.717) is 5.92 Å². The van der Waals surface area contributed by atoms with E-state index in [0.717, 1.165) is 25.7 Å². The molecule has 4 atom stereocenters. The molecule has 0 amide bonds. The lowest BCUT2D eigenvalue weighted by Crippen LogP contribution is -2.46. The molecule has 1 saturated heterocycles. The Kier molecular flexibility index (Phi) is 5.86. The fourth-order valence-electron chi connectivity index (χ4n) is 2.29. The average molecular weight is 246 g/mol. The van der Waals surface area contributed by atoms with Gasteiger partial charge in [-0.2, -0.15) is 0 Å². The van der Waals surface area contributed by atoms with E-state index in [1.54, 1.807) is 14.2 Å². The molecule has 1 rings (SSSR count). The summed E-state index contributed by atoms with van der Waals surface area (Å²) in [6.07, 6.45) is 3.95. The maximum Gasteiger partial charge on any atom is 0.167 e. The van der Waals surface area contributed by atoms with Crippen molar-refractivity contribution in [3.8, 4) is 0 Å². The summed E-state index contributed by atoms with van der Waals surface area (Å²) < 4.78 is 16.8. The molecule has 0 radical (unpaired) electrons. The summed E-state index contributed by atoms with van der Waals surface area (Å²) in [5, 5.41) is 9.02. The lowest BCUT2D eigenvalue weighted by molar-refractivity contribution is -0.278. The molecule has 4 nitrogen and oxygen atoms in total. The Morgan fingerprint density at radius 1 is 1.47 bits per heavy atom. The Hall–Kier alpha value is -0.160. The average Bonchev–Trinajstić information content (AvgIpc) is 2.35. The molecular weight excluding hydrogens is 220 g/mol. The fourth-order valence-corrected chi connectivity index (χ4v) is 2.29. The van der Waals surface area contributed by atoms with Crippen molar-refractivity contribution in [2.75, 3.05) is 20.8 Å². The standard InChI is InChI=1S/C13H26O4/c1-10(9-14)5-6-11-7-12(15-3)8-13(2,16-4)17-11/h10-12,14H,5-9H2,1-4H3/t10-,11+,12-,13-/m0/s1. The highest BCUT2D eigenvalue weighted by Crippen LogP contribution is 2.33. The molecule has 0 aliphatic carbocycles. The van der Waals surface area contributed by atoms with Crippen LogP contribution in [0.3, 0.4) is 0 Å². The zero-order valence-electron chi connectivity index (χ0n) is 11.4. The molecule has 0 saturated carbocycles. The molecule has 0 spiro atoms. The summed E-state index contributed by atoms with van der Waals surface area (Å²) in [5.74, 6) is -0.207. The molecule has 0 unspecified atom stereocenters. The first-order valence-electron chi connectivity index (χ1n) is 6.39. The molecular formula is C13H26O4. The second-order valence-corrected chi connectivity index (χ2v) is 5.24. The van der Waals surface area contributed by atoms with Crippen LogP contribution in [0.5, 0.6) is 0 Å². The van der Waals surface area contributed by atoms with Gasteiger partial charge < -0.3 is 19.3 Å². The van der Waals surface area contributed by atoms with Gasteiger partial charge in [-0.25, -0.2) is 0 Å². The van der Waals surface area contributed by atoms with Crippen molar-refractivity contribution in [2.45, 2.75) is 57.5 Å². The van der Waals surface area contributed by atoms with Gasteiger partial charge in [-0.3, -0.25) is 0 Å². The third-order valence-electron chi connectivity index (χ3n) is 3.60. The van der Waals surface area contributed by atoms with Crippen LogP contribution in [0.2, 0.25) is 0 Å². The van der Waals surface area contributed by atoms with Crippen molar-refractivity contribution in [2.24, 2.45) is 5.92 Å². The Bertz CT molecular complexity index is 221. The summed E-state index contributed by atoms with van der Waals surface area (Å²) in [7, 11) is 3.41. The molecule has 1 aliphatic rings. The van der Waals surface area contributed by atoms with Crippen LogP contribution in [-0.2, 0) is 14.2 Å². The molecule has 1 heterocycles. The summed E-state index contributed by atoms with van der Waals surface area (Å²) >= 11 is 0. The molecule has 102 valence electrons. The van der Waals surface area contributed by atoms with Gasteiger partial charge in [-0.1, -0.05) is 6.92 Å². The first-order chi connectivity index (χ1) is 8.03. The SMILES string of the molecule is CO[C@H]1C[C@@H](CC[C@H](C)CO)O[C@](C)(OC)C1. The highest BCUT2D eigenvalue weighted by atomic mass is 16.7. The molecule has 1 fully saturated rings.